The van der Waals surface area contributed by atoms with E-state index < -0.39 is 14.2 Å². The second-order valence-corrected chi connectivity index (χ2v) is 10.1. The molecular weight excluding hydrogens is 256 g/mol. The summed E-state index contributed by atoms with van der Waals surface area (Å²) in [5.74, 6) is 2.52. The molecule has 0 heterocycles. The van der Waals surface area contributed by atoms with Crippen molar-refractivity contribution in [1.29, 1.82) is 0 Å². The van der Waals surface area contributed by atoms with Crippen LogP contribution in [-0.2, 0) is 9.53 Å². The van der Waals surface area contributed by atoms with Gasteiger partial charge in [-0.2, -0.15) is 0 Å². The van der Waals surface area contributed by atoms with Gasteiger partial charge in [-0.15, -0.1) is 5.54 Å². The predicted molar refractivity (Wildman–Crippen MR) is 81.3 cm³/mol. The van der Waals surface area contributed by atoms with Crippen LogP contribution in [0.2, 0.25) is 19.6 Å². The van der Waals surface area contributed by atoms with Crippen LogP contribution in [0.5, 0.6) is 0 Å². The third-order valence-corrected chi connectivity index (χ3v) is 2.94. The molecule has 0 saturated heterocycles. The topological polar surface area (TPSA) is 46.5 Å². The number of allylic oxidation sites excluding steroid dienone is 2. The molecule has 3 nitrogen and oxygen atoms in total. The molecule has 0 aromatic carbocycles. The number of carbonyl (C=O) groups is 1. The summed E-state index contributed by atoms with van der Waals surface area (Å²) in [4.78, 5) is 11.1. The molecule has 0 aliphatic rings. The van der Waals surface area contributed by atoms with Crippen molar-refractivity contribution >= 4 is 14.0 Å². The first kappa shape index (κ1) is 17.7. The average molecular weight is 280 g/mol. The van der Waals surface area contributed by atoms with Crippen LogP contribution in [0, 0.1) is 11.5 Å². The van der Waals surface area contributed by atoms with Gasteiger partial charge >= 0.3 is 5.97 Å². The van der Waals surface area contributed by atoms with E-state index in [9.17, 15) is 9.90 Å². The maximum Gasteiger partial charge on any atom is 0.330 e. The largest absolute Gasteiger partial charge is 0.463 e. The molecule has 0 aliphatic heterocycles. The summed E-state index contributed by atoms with van der Waals surface area (Å²) in [5.41, 5.74) is 4.03. The van der Waals surface area contributed by atoms with Gasteiger partial charge in [-0.25, -0.2) is 4.79 Å². The second-order valence-electron chi connectivity index (χ2n) is 5.30. The van der Waals surface area contributed by atoms with Crippen LogP contribution in [0.1, 0.15) is 20.3 Å². The zero-order valence-electron chi connectivity index (χ0n) is 12.5. The molecule has 19 heavy (non-hydrogen) atoms. The van der Waals surface area contributed by atoms with Gasteiger partial charge in [-0.3, -0.25) is 0 Å². The molecule has 0 aromatic rings. The fourth-order valence-electron chi connectivity index (χ4n) is 1.11. The molecule has 0 spiro atoms. The lowest BCUT2D eigenvalue weighted by molar-refractivity contribution is -0.137. The molecule has 0 amide bonds. The molecule has 4 heteroatoms. The van der Waals surface area contributed by atoms with Crippen molar-refractivity contribution in [3.8, 4) is 11.5 Å². The van der Waals surface area contributed by atoms with Gasteiger partial charge in [0.2, 0.25) is 0 Å². The molecule has 0 radical (unpaired) electrons. The highest BCUT2D eigenvalue weighted by Crippen LogP contribution is 2.02. The average Bonchev–Trinajstić information content (AvgIpc) is 2.30. The minimum absolute atomic E-state index is 0.352. The predicted octanol–water partition coefficient (Wildman–Crippen LogP) is 2.68. The Bertz CT molecular complexity index is 405. The monoisotopic (exact) mass is 280 g/mol. The summed E-state index contributed by atoms with van der Waals surface area (Å²) in [6.07, 6.45) is 4.75. The van der Waals surface area contributed by atoms with E-state index in [1.165, 1.54) is 6.08 Å². The Labute approximate surface area is 117 Å². The summed E-state index contributed by atoms with van der Waals surface area (Å²) in [5, 5.41) is 9.71. The highest BCUT2D eigenvalue weighted by atomic mass is 28.3. The van der Waals surface area contributed by atoms with E-state index in [0.29, 0.717) is 13.0 Å². The maximum absolute atomic E-state index is 11.1. The number of aliphatic hydroxyl groups excluding tert-OH is 1. The maximum atomic E-state index is 11.1. The van der Waals surface area contributed by atoms with E-state index in [-0.39, 0.29) is 5.97 Å². The van der Waals surface area contributed by atoms with Gasteiger partial charge in [0, 0.05) is 12.5 Å². The highest BCUT2D eigenvalue weighted by molar-refractivity contribution is 6.83. The summed E-state index contributed by atoms with van der Waals surface area (Å²) in [7, 11) is -1.43. The number of carbonyl (C=O) groups excluding carboxylic acids is 1. The quantitative estimate of drug-likeness (QED) is 0.277. The fraction of sp³-hybridized carbons (Fsp3) is 0.533. The molecule has 0 rings (SSSR count). The molecular formula is C15H24O3Si. The smallest absolute Gasteiger partial charge is 0.330 e. The fourth-order valence-corrected chi connectivity index (χ4v) is 1.71. The van der Waals surface area contributed by atoms with Gasteiger partial charge in [-0.05, 0) is 13.8 Å². The van der Waals surface area contributed by atoms with Crippen LogP contribution in [0.15, 0.2) is 23.8 Å². The SMILES string of the molecule is CCOC(=O)/C=C/C(C)=C/C[C@@H](O)C#C[Si](C)(C)C. The lowest BCUT2D eigenvalue weighted by atomic mass is 10.2. The van der Waals surface area contributed by atoms with Gasteiger partial charge in [0.05, 0.1) is 6.61 Å². The van der Waals surface area contributed by atoms with Gasteiger partial charge in [0.15, 0.2) is 0 Å². The highest BCUT2D eigenvalue weighted by Gasteiger charge is 2.08. The summed E-state index contributed by atoms with van der Waals surface area (Å²) in [6.45, 7) is 10.4. The molecule has 0 aromatic heterocycles. The van der Waals surface area contributed by atoms with Crippen LogP contribution in [0.4, 0.5) is 0 Å². The molecule has 1 atom stereocenters. The van der Waals surface area contributed by atoms with E-state index in [0.717, 1.165) is 5.57 Å². The standard InChI is InChI=1S/C15H24O3Si/c1-6-18-15(17)10-8-13(2)7-9-14(16)11-12-19(3,4)5/h7-8,10,14,16H,6,9H2,1-5H3/b10-8+,13-7+/t14-/m1/s1. The van der Waals surface area contributed by atoms with Crippen LogP contribution >= 0.6 is 0 Å². The molecule has 0 fully saturated rings. The lowest BCUT2D eigenvalue weighted by Gasteiger charge is -2.05. The Kier molecular flexibility index (Phi) is 8.13. The van der Waals surface area contributed by atoms with Crippen LogP contribution in [0.3, 0.4) is 0 Å². The van der Waals surface area contributed by atoms with Gasteiger partial charge < -0.3 is 9.84 Å². The van der Waals surface area contributed by atoms with Gasteiger partial charge in [0.25, 0.3) is 0 Å². The number of rotatable bonds is 5. The van der Waals surface area contributed by atoms with E-state index >= 15 is 0 Å². The Hall–Kier alpha value is -1.31. The molecule has 0 saturated carbocycles. The number of aliphatic hydroxyl groups is 1. The van der Waals surface area contributed by atoms with Crippen LogP contribution in [-0.4, -0.2) is 31.9 Å². The molecule has 0 aliphatic carbocycles. The van der Waals surface area contributed by atoms with Crippen molar-refractivity contribution in [2.75, 3.05) is 6.61 Å². The van der Waals surface area contributed by atoms with Crippen molar-refractivity contribution < 1.29 is 14.6 Å². The molecule has 0 bridgehead atoms. The first-order chi connectivity index (χ1) is 8.74. The normalized spacial score (nSPS) is 13.9. The third kappa shape index (κ3) is 11.5. The zero-order valence-corrected chi connectivity index (χ0v) is 13.5. The number of hydrogen-bond acceptors (Lipinski definition) is 3. The first-order valence-electron chi connectivity index (χ1n) is 6.47. The number of esters is 1. The second kappa shape index (κ2) is 8.73. The summed E-state index contributed by atoms with van der Waals surface area (Å²) >= 11 is 0. The third-order valence-electron chi connectivity index (χ3n) is 2.05. The van der Waals surface area contributed by atoms with Crippen molar-refractivity contribution in [1.82, 2.24) is 0 Å². The van der Waals surface area contributed by atoms with E-state index in [1.807, 2.05) is 13.0 Å². The van der Waals surface area contributed by atoms with E-state index in [2.05, 4.69) is 31.1 Å². The van der Waals surface area contributed by atoms with Crippen molar-refractivity contribution in [3.63, 3.8) is 0 Å². The Morgan fingerprint density at radius 3 is 2.53 bits per heavy atom. The van der Waals surface area contributed by atoms with Crippen LogP contribution < -0.4 is 0 Å². The molecule has 1 N–H and O–H groups in total. The number of ether oxygens (including phenoxy) is 1. The van der Waals surface area contributed by atoms with E-state index in [1.54, 1.807) is 13.0 Å². The molecule has 106 valence electrons. The molecule has 0 unspecified atom stereocenters. The number of hydrogen-bond donors (Lipinski definition) is 1. The first-order valence-corrected chi connectivity index (χ1v) is 9.97. The van der Waals surface area contributed by atoms with Crippen molar-refractivity contribution in [3.05, 3.63) is 23.8 Å². The van der Waals surface area contributed by atoms with Crippen LogP contribution in [0.25, 0.3) is 0 Å². The van der Waals surface area contributed by atoms with E-state index in [4.69, 9.17) is 4.74 Å². The Morgan fingerprint density at radius 1 is 1.37 bits per heavy atom. The minimum Gasteiger partial charge on any atom is -0.463 e. The minimum atomic E-state index is -1.43. The van der Waals surface area contributed by atoms with Gasteiger partial charge in [-0.1, -0.05) is 43.3 Å². The zero-order chi connectivity index (χ0) is 14.9. The van der Waals surface area contributed by atoms with Crippen molar-refractivity contribution in [2.24, 2.45) is 0 Å². The lowest BCUT2D eigenvalue weighted by Crippen LogP contribution is -2.17. The summed E-state index contributed by atoms with van der Waals surface area (Å²) < 4.78 is 4.77. The summed E-state index contributed by atoms with van der Waals surface area (Å²) in [6, 6.07) is 0. The Balaban J connectivity index is 4.31. The Morgan fingerprint density at radius 2 is 2.00 bits per heavy atom. The van der Waals surface area contributed by atoms with Crippen molar-refractivity contribution in [2.45, 2.75) is 46.0 Å². The van der Waals surface area contributed by atoms with Gasteiger partial charge in [0.1, 0.15) is 14.2 Å².